The van der Waals surface area contributed by atoms with Gasteiger partial charge < -0.3 is 10.1 Å². The number of carbonyl (C=O) groups excluding carboxylic acids is 1. The van der Waals surface area contributed by atoms with Gasteiger partial charge in [0.1, 0.15) is 9.96 Å². The number of piperidine rings is 1. The third-order valence-corrected chi connectivity index (χ3v) is 8.54. The Kier molecular flexibility index (Phi) is 6.34. The van der Waals surface area contributed by atoms with E-state index in [0.29, 0.717) is 40.1 Å². The number of methoxy groups -OCH3 is 1. The zero-order valence-electron chi connectivity index (χ0n) is 16.0. The van der Waals surface area contributed by atoms with Crippen LogP contribution in [0, 0.1) is 19.8 Å². The van der Waals surface area contributed by atoms with E-state index in [2.05, 4.69) is 5.32 Å². The first-order chi connectivity index (χ1) is 13.2. The van der Waals surface area contributed by atoms with E-state index in [4.69, 9.17) is 16.3 Å². The molecule has 2 aromatic rings. The van der Waals surface area contributed by atoms with Crippen molar-refractivity contribution in [3.05, 3.63) is 39.7 Å². The minimum absolute atomic E-state index is 0.167. The highest BCUT2D eigenvalue weighted by Crippen LogP contribution is 2.33. The van der Waals surface area contributed by atoms with Crippen molar-refractivity contribution >= 4 is 44.6 Å². The molecule has 0 unspecified atom stereocenters. The molecule has 1 aliphatic heterocycles. The van der Waals surface area contributed by atoms with Gasteiger partial charge in [-0.05, 0) is 50.5 Å². The highest BCUT2D eigenvalue weighted by atomic mass is 35.5. The van der Waals surface area contributed by atoms with E-state index >= 15 is 0 Å². The van der Waals surface area contributed by atoms with Gasteiger partial charge in [-0.1, -0.05) is 11.6 Å². The maximum absolute atomic E-state index is 12.9. The zero-order chi connectivity index (χ0) is 20.5. The maximum Gasteiger partial charge on any atom is 0.252 e. The molecule has 3 rings (SSSR count). The molecule has 1 aromatic carbocycles. The average Bonchev–Trinajstić information content (AvgIpc) is 3.11. The van der Waals surface area contributed by atoms with Gasteiger partial charge in [0, 0.05) is 29.1 Å². The minimum atomic E-state index is -3.58. The van der Waals surface area contributed by atoms with Crippen molar-refractivity contribution in [1.82, 2.24) is 4.31 Å². The van der Waals surface area contributed by atoms with Crippen LogP contribution in [0.4, 0.5) is 5.69 Å². The van der Waals surface area contributed by atoms with Gasteiger partial charge in [0.25, 0.3) is 10.0 Å². The SMILES string of the molecule is COc1cc(Cl)c(C)cc1NC(=O)[C@H]1CCCN(S(=O)(=O)c2ccc(C)s2)C1. The van der Waals surface area contributed by atoms with Crippen LogP contribution >= 0.6 is 22.9 Å². The number of amides is 1. The van der Waals surface area contributed by atoms with Crippen LogP contribution in [0.25, 0.3) is 0 Å². The van der Waals surface area contributed by atoms with Crippen LogP contribution in [0.5, 0.6) is 5.75 Å². The summed E-state index contributed by atoms with van der Waals surface area (Å²) in [6, 6.07) is 6.83. The summed E-state index contributed by atoms with van der Waals surface area (Å²) < 4.78 is 32.8. The highest BCUT2D eigenvalue weighted by Gasteiger charge is 2.34. The number of hydrogen-bond donors (Lipinski definition) is 1. The lowest BCUT2D eigenvalue weighted by Crippen LogP contribution is -2.43. The zero-order valence-corrected chi connectivity index (χ0v) is 18.4. The number of thiophene rings is 1. The molecule has 1 amide bonds. The predicted molar refractivity (Wildman–Crippen MR) is 112 cm³/mol. The normalized spacial score (nSPS) is 18.1. The molecule has 1 atom stereocenters. The second-order valence-electron chi connectivity index (χ2n) is 6.86. The largest absolute Gasteiger partial charge is 0.495 e. The van der Waals surface area contributed by atoms with Gasteiger partial charge in [-0.2, -0.15) is 4.31 Å². The van der Waals surface area contributed by atoms with Crippen LogP contribution in [0.3, 0.4) is 0 Å². The van der Waals surface area contributed by atoms with Gasteiger partial charge in [0.05, 0.1) is 18.7 Å². The Morgan fingerprint density at radius 2 is 2.07 bits per heavy atom. The van der Waals surface area contributed by atoms with E-state index in [-0.39, 0.29) is 12.5 Å². The number of nitrogens with zero attached hydrogens (tertiary/aromatic N) is 1. The summed E-state index contributed by atoms with van der Waals surface area (Å²) in [6.45, 7) is 4.30. The summed E-state index contributed by atoms with van der Waals surface area (Å²) in [6.07, 6.45) is 1.27. The van der Waals surface area contributed by atoms with E-state index in [1.807, 2.05) is 13.8 Å². The van der Waals surface area contributed by atoms with Crippen LogP contribution in [0.1, 0.15) is 23.3 Å². The first-order valence-corrected chi connectivity index (χ1v) is 11.6. The summed E-state index contributed by atoms with van der Waals surface area (Å²) in [5, 5.41) is 3.43. The third kappa shape index (κ3) is 4.35. The molecule has 1 N–H and O–H groups in total. The quantitative estimate of drug-likeness (QED) is 0.757. The number of sulfonamides is 1. The smallest absolute Gasteiger partial charge is 0.252 e. The Bertz CT molecular complexity index is 988. The lowest BCUT2D eigenvalue weighted by Gasteiger charge is -2.31. The molecule has 0 aliphatic carbocycles. The monoisotopic (exact) mass is 442 g/mol. The first kappa shape index (κ1) is 21.1. The standard InChI is InChI=1S/C19H23ClN2O4S2/c1-12-9-16(17(26-3)10-15(12)20)21-19(23)14-5-4-8-22(11-14)28(24,25)18-7-6-13(2)27-18/h6-7,9-10,14H,4-5,8,11H2,1-3H3,(H,21,23)/t14-/m0/s1. The molecule has 1 saturated heterocycles. The van der Waals surface area contributed by atoms with E-state index in [1.54, 1.807) is 24.3 Å². The Labute approximate surface area is 174 Å². The summed E-state index contributed by atoms with van der Waals surface area (Å²) in [4.78, 5) is 13.8. The van der Waals surface area contributed by atoms with Crippen molar-refractivity contribution in [2.75, 3.05) is 25.5 Å². The number of rotatable bonds is 5. The van der Waals surface area contributed by atoms with Crippen molar-refractivity contribution in [2.24, 2.45) is 5.92 Å². The van der Waals surface area contributed by atoms with Crippen LogP contribution < -0.4 is 10.1 Å². The van der Waals surface area contributed by atoms with Gasteiger partial charge in [-0.3, -0.25) is 4.79 Å². The van der Waals surface area contributed by atoms with E-state index < -0.39 is 15.9 Å². The van der Waals surface area contributed by atoms with Gasteiger partial charge >= 0.3 is 0 Å². The van der Waals surface area contributed by atoms with Crippen LogP contribution in [-0.4, -0.2) is 38.8 Å². The van der Waals surface area contributed by atoms with Gasteiger partial charge in [0.2, 0.25) is 5.91 Å². The number of ether oxygens (including phenoxy) is 1. The van der Waals surface area contributed by atoms with Crippen molar-refractivity contribution in [2.45, 2.75) is 30.9 Å². The van der Waals surface area contributed by atoms with Crippen LogP contribution in [0.2, 0.25) is 5.02 Å². The Balaban J connectivity index is 1.76. The van der Waals surface area contributed by atoms with Gasteiger partial charge in [-0.25, -0.2) is 8.42 Å². The number of aryl methyl sites for hydroxylation is 2. The molecule has 1 fully saturated rings. The molecule has 0 radical (unpaired) electrons. The molecule has 1 aromatic heterocycles. The van der Waals surface area contributed by atoms with E-state index in [1.165, 1.54) is 22.8 Å². The number of carbonyl (C=O) groups is 1. The van der Waals surface area contributed by atoms with E-state index in [0.717, 1.165) is 10.4 Å². The third-order valence-electron chi connectivity index (χ3n) is 4.80. The predicted octanol–water partition coefficient (Wildman–Crippen LogP) is 4.07. The Hall–Kier alpha value is -1.61. The summed E-state index contributed by atoms with van der Waals surface area (Å²) >= 11 is 7.36. The fourth-order valence-corrected chi connectivity index (χ4v) is 6.33. The van der Waals surface area contributed by atoms with Crippen molar-refractivity contribution in [3.63, 3.8) is 0 Å². The molecule has 9 heteroatoms. The molecule has 152 valence electrons. The second-order valence-corrected chi connectivity index (χ2v) is 10.7. The molecule has 28 heavy (non-hydrogen) atoms. The molecular formula is C19H23ClN2O4S2. The van der Waals surface area contributed by atoms with E-state index in [9.17, 15) is 13.2 Å². The molecule has 6 nitrogen and oxygen atoms in total. The molecule has 0 bridgehead atoms. The lowest BCUT2D eigenvalue weighted by molar-refractivity contribution is -0.120. The number of hydrogen-bond acceptors (Lipinski definition) is 5. The summed E-state index contributed by atoms with van der Waals surface area (Å²) in [7, 11) is -2.07. The highest BCUT2D eigenvalue weighted by molar-refractivity contribution is 7.91. The van der Waals surface area contributed by atoms with Crippen molar-refractivity contribution in [3.8, 4) is 5.75 Å². The topological polar surface area (TPSA) is 75.7 Å². The lowest BCUT2D eigenvalue weighted by atomic mass is 9.98. The number of nitrogens with one attached hydrogen (secondary N) is 1. The second kappa shape index (κ2) is 8.41. The van der Waals surface area contributed by atoms with Gasteiger partial charge in [-0.15, -0.1) is 11.3 Å². The van der Waals surface area contributed by atoms with Crippen LogP contribution in [0.15, 0.2) is 28.5 Å². The van der Waals surface area contributed by atoms with Crippen LogP contribution in [-0.2, 0) is 14.8 Å². The minimum Gasteiger partial charge on any atom is -0.495 e. The van der Waals surface area contributed by atoms with Crippen molar-refractivity contribution < 1.29 is 17.9 Å². The molecule has 0 saturated carbocycles. The summed E-state index contributed by atoms with van der Waals surface area (Å²) in [5.41, 5.74) is 1.35. The fourth-order valence-electron chi connectivity index (χ4n) is 3.22. The molecule has 0 spiro atoms. The fraction of sp³-hybridized carbons (Fsp3) is 0.421. The Morgan fingerprint density at radius 1 is 1.32 bits per heavy atom. The number of benzene rings is 1. The molecule has 2 heterocycles. The molecule has 1 aliphatic rings. The Morgan fingerprint density at radius 3 is 2.71 bits per heavy atom. The number of anilines is 1. The average molecular weight is 443 g/mol. The first-order valence-electron chi connectivity index (χ1n) is 8.94. The van der Waals surface area contributed by atoms with Crippen molar-refractivity contribution in [1.29, 1.82) is 0 Å². The maximum atomic E-state index is 12.9. The molecular weight excluding hydrogens is 420 g/mol. The number of halogens is 1. The summed E-state index contributed by atoms with van der Waals surface area (Å²) in [5.74, 6) is -0.175. The van der Waals surface area contributed by atoms with Gasteiger partial charge in [0.15, 0.2) is 0 Å².